The van der Waals surface area contributed by atoms with Gasteiger partial charge in [0.25, 0.3) is 0 Å². The molecule has 2 fully saturated rings. The zero-order valence-corrected chi connectivity index (χ0v) is 21.9. The Morgan fingerprint density at radius 3 is 2.37 bits per heavy atom. The summed E-state index contributed by atoms with van der Waals surface area (Å²) >= 11 is 1.62. The van der Waals surface area contributed by atoms with Crippen LogP contribution in [0.25, 0.3) is 10.4 Å². The summed E-state index contributed by atoms with van der Waals surface area (Å²) in [5.74, 6) is -0.332. The number of hydrogen-bond acceptors (Lipinski definition) is 5. The van der Waals surface area contributed by atoms with Gasteiger partial charge >= 0.3 is 0 Å². The lowest BCUT2D eigenvalue weighted by atomic mass is 9.82. The Kier molecular flexibility index (Phi) is 7.59. The van der Waals surface area contributed by atoms with Crippen molar-refractivity contribution in [2.24, 2.45) is 11.3 Å². The third kappa shape index (κ3) is 5.74. The minimum Gasteiger partial charge on any atom is -0.350 e. The third-order valence-electron chi connectivity index (χ3n) is 7.14. The Hall–Kier alpha value is -2.74. The predicted molar refractivity (Wildman–Crippen MR) is 138 cm³/mol. The number of aromatic nitrogens is 1. The number of nitrogens with one attached hydrogen (secondary N) is 2. The highest BCUT2D eigenvalue weighted by Crippen LogP contribution is 2.30. The lowest BCUT2D eigenvalue weighted by Gasteiger charge is -2.37. The van der Waals surface area contributed by atoms with Crippen molar-refractivity contribution in [1.82, 2.24) is 20.5 Å². The summed E-state index contributed by atoms with van der Waals surface area (Å²) in [5.41, 5.74) is 4.53. The Balaban J connectivity index is 1.38. The van der Waals surface area contributed by atoms with E-state index < -0.39 is 17.5 Å². The number of hydrogen-bond donors (Lipinski definition) is 2. The van der Waals surface area contributed by atoms with Crippen molar-refractivity contribution in [3.8, 4) is 10.4 Å². The van der Waals surface area contributed by atoms with Gasteiger partial charge in [0.15, 0.2) is 0 Å². The average Bonchev–Trinajstić information content (AvgIpc) is 3.43. The van der Waals surface area contributed by atoms with Gasteiger partial charge in [0, 0.05) is 19.0 Å². The SMILES string of the molecule is Cc1ncsc1-c1ccc(CNC(=O)C2CCCN2C(=O)[C@@H](NC(=O)C2CCC2)C(C)(C)C)cc1. The molecule has 8 heteroatoms. The van der Waals surface area contributed by atoms with E-state index in [0.29, 0.717) is 19.5 Å². The molecule has 188 valence electrons. The summed E-state index contributed by atoms with van der Waals surface area (Å²) in [4.78, 5) is 46.4. The Bertz CT molecular complexity index is 1070. The maximum atomic E-state index is 13.6. The zero-order chi connectivity index (χ0) is 25.2. The molecule has 7 nitrogen and oxygen atoms in total. The van der Waals surface area contributed by atoms with E-state index in [2.05, 4.69) is 15.6 Å². The number of aryl methyl sites for hydroxylation is 1. The molecule has 1 aromatic carbocycles. The molecule has 2 heterocycles. The van der Waals surface area contributed by atoms with Gasteiger partial charge in [0.2, 0.25) is 17.7 Å². The number of carbonyl (C=O) groups is 3. The van der Waals surface area contributed by atoms with E-state index in [0.717, 1.165) is 47.4 Å². The van der Waals surface area contributed by atoms with Gasteiger partial charge in [0.1, 0.15) is 12.1 Å². The molecule has 35 heavy (non-hydrogen) atoms. The highest BCUT2D eigenvalue weighted by molar-refractivity contribution is 7.13. The van der Waals surface area contributed by atoms with Crippen molar-refractivity contribution in [2.45, 2.75) is 78.4 Å². The molecule has 0 bridgehead atoms. The summed E-state index contributed by atoms with van der Waals surface area (Å²) in [6.07, 6.45) is 4.25. The lowest BCUT2D eigenvalue weighted by molar-refractivity contribution is -0.144. The van der Waals surface area contributed by atoms with Crippen molar-refractivity contribution in [2.75, 3.05) is 6.54 Å². The molecule has 1 aromatic heterocycles. The lowest BCUT2D eigenvalue weighted by Crippen LogP contribution is -2.58. The summed E-state index contributed by atoms with van der Waals surface area (Å²) in [6, 6.07) is 6.97. The number of likely N-dealkylation sites (tertiary alicyclic amines) is 1. The maximum Gasteiger partial charge on any atom is 0.246 e. The monoisotopic (exact) mass is 496 g/mol. The number of carbonyl (C=O) groups excluding carboxylic acids is 3. The van der Waals surface area contributed by atoms with Gasteiger partial charge in [-0.2, -0.15) is 0 Å². The van der Waals surface area contributed by atoms with E-state index in [9.17, 15) is 14.4 Å². The molecular weight excluding hydrogens is 460 g/mol. The smallest absolute Gasteiger partial charge is 0.246 e. The molecular formula is C27H36N4O3S. The highest BCUT2D eigenvalue weighted by atomic mass is 32.1. The number of amides is 3. The fraction of sp³-hybridized carbons (Fsp3) is 0.556. The van der Waals surface area contributed by atoms with Gasteiger partial charge in [-0.3, -0.25) is 14.4 Å². The van der Waals surface area contributed by atoms with E-state index in [1.807, 2.05) is 57.5 Å². The van der Waals surface area contributed by atoms with Crippen LogP contribution in [0.3, 0.4) is 0 Å². The highest BCUT2D eigenvalue weighted by Gasteiger charge is 2.42. The quantitative estimate of drug-likeness (QED) is 0.605. The minimum atomic E-state index is -0.647. The van der Waals surface area contributed by atoms with E-state index >= 15 is 0 Å². The third-order valence-corrected chi connectivity index (χ3v) is 8.12. The average molecular weight is 497 g/mol. The van der Waals surface area contributed by atoms with Crippen molar-refractivity contribution >= 4 is 29.1 Å². The van der Waals surface area contributed by atoms with Crippen molar-refractivity contribution < 1.29 is 14.4 Å². The summed E-state index contributed by atoms with van der Waals surface area (Å²) in [6.45, 7) is 8.81. The van der Waals surface area contributed by atoms with Gasteiger partial charge in [-0.1, -0.05) is 51.5 Å². The molecule has 2 aliphatic rings. The molecule has 1 saturated heterocycles. The van der Waals surface area contributed by atoms with Gasteiger partial charge in [-0.15, -0.1) is 11.3 Å². The molecule has 3 amide bonds. The van der Waals surface area contributed by atoms with Crippen LogP contribution in [-0.4, -0.2) is 46.2 Å². The van der Waals surface area contributed by atoms with E-state index in [1.54, 1.807) is 16.2 Å². The van der Waals surface area contributed by atoms with Crippen LogP contribution in [0.1, 0.15) is 64.1 Å². The first-order valence-electron chi connectivity index (χ1n) is 12.5. The second-order valence-electron chi connectivity index (χ2n) is 10.8. The number of nitrogens with zero attached hydrogens (tertiary/aromatic N) is 2. The summed E-state index contributed by atoms with van der Waals surface area (Å²) < 4.78 is 0. The van der Waals surface area contributed by atoms with Gasteiger partial charge in [0.05, 0.1) is 16.1 Å². The van der Waals surface area contributed by atoms with Crippen LogP contribution < -0.4 is 10.6 Å². The molecule has 2 atom stereocenters. The summed E-state index contributed by atoms with van der Waals surface area (Å²) in [7, 11) is 0. The van der Waals surface area contributed by atoms with Crippen LogP contribution >= 0.6 is 11.3 Å². The zero-order valence-electron chi connectivity index (χ0n) is 21.1. The Labute approximate surface area is 211 Å². The number of thiazole rings is 1. The first kappa shape index (κ1) is 25.4. The van der Waals surface area contributed by atoms with Crippen LogP contribution in [0.5, 0.6) is 0 Å². The topological polar surface area (TPSA) is 91.4 Å². The van der Waals surface area contributed by atoms with Crippen molar-refractivity contribution in [3.05, 3.63) is 41.0 Å². The molecule has 1 aliphatic heterocycles. The molecule has 4 rings (SSSR count). The Morgan fingerprint density at radius 2 is 1.80 bits per heavy atom. The molecule has 0 radical (unpaired) electrons. The normalized spacial score (nSPS) is 19.2. The first-order valence-corrected chi connectivity index (χ1v) is 13.4. The van der Waals surface area contributed by atoms with Gasteiger partial charge < -0.3 is 15.5 Å². The van der Waals surface area contributed by atoms with Crippen LogP contribution in [0.4, 0.5) is 0 Å². The molecule has 2 aromatic rings. The van der Waals surface area contributed by atoms with E-state index in [-0.39, 0.29) is 23.6 Å². The van der Waals surface area contributed by atoms with Crippen LogP contribution in [0.2, 0.25) is 0 Å². The largest absolute Gasteiger partial charge is 0.350 e. The minimum absolute atomic E-state index is 0.0108. The second kappa shape index (κ2) is 10.5. The molecule has 0 spiro atoms. The van der Waals surface area contributed by atoms with Crippen molar-refractivity contribution in [3.63, 3.8) is 0 Å². The standard InChI is InChI=1S/C27H36N4O3S/c1-17-22(35-16-29-17)19-12-10-18(11-13-19)15-28-25(33)21-9-6-14-31(21)26(34)23(27(2,3)4)30-24(32)20-7-5-8-20/h10-13,16,20-21,23H,5-9,14-15H2,1-4H3,(H,28,33)(H,30,32)/t21?,23-/m1/s1. The Morgan fingerprint density at radius 1 is 1.09 bits per heavy atom. The van der Waals surface area contributed by atoms with Crippen molar-refractivity contribution in [1.29, 1.82) is 0 Å². The van der Waals surface area contributed by atoms with Crippen LogP contribution in [0.15, 0.2) is 29.8 Å². The van der Waals surface area contributed by atoms with Crippen LogP contribution in [0, 0.1) is 18.3 Å². The maximum absolute atomic E-state index is 13.6. The van der Waals surface area contributed by atoms with E-state index in [1.165, 1.54) is 0 Å². The molecule has 2 N–H and O–H groups in total. The first-order chi connectivity index (χ1) is 16.6. The van der Waals surface area contributed by atoms with Crippen LogP contribution in [-0.2, 0) is 20.9 Å². The fourth-order valence-electron chi connectivity index (χ4n) is 4.71. The molecule has 1 saturated carbocycles. The number of benzene rings is 1. The molecule has 1 aliphatic carbocycles. The summed E-state index contributed by atoms with van der Waals surface area (Å²) in [5, 5.41) is 6.02. The van der Waals surface area contributed by atoms with Gasteiger partial charge in [-0.25, -0.2) is 4.98 Å². The van der Waals surface area contributed by atoms with E-state index in [4.69, 9.17) is 0 Å². The van der Waals surface area contributed by atoms with Gasteiger partial charge in [-0.05, 0) is 49.1 Å². The second-order valence-corrected chi connectivity index (χ2v) is 11.7. The fourth-order valence-corrected chi connectivity index (χ4v) is 5.52. The predicted octanol–water partition coefficient (Wildman–Crippen LogP) is 4.06. The molecule has 1 unspecified atom stereocenters. The number of rotatable bonds is 7.